The Balaban J connectivity index is 2.80. The van der Waals surface area contributed by atoms with Gasteiger partial charge in [-0.15, -0.1) is 5.10 Å². The second kappa shape index (κ2) is 2.87. The summed E-state index contributed by atoms with van der Waals surface area (Å²) in [5.41, 5.74) is -0.315. The van der Waals surface area contributed by atoms with E-state index in [-0.39, 0.29) is 16.6 Å². The average Bonchev–Trinajstić information content (AvgIpc) is 2.17. The quantitative estimate of drug-likeness (QED) is 0.514. The molecule has 0 radical (unpaired) electrons. The van der Waals surface area contributed by atoms with Crippen LogP contribution in [0.5, 0.6) is 0 Å². The second-order valence-electron chi connectivity index (χ2n) is 2.60. The average molecular weight is 192 g/mol. The predicted octanol–water partition coefficient (Wildman–Crippen LogP) is 0.226. The normalized spacial score (nSPS) is 10.3. The third-order valence-electron chi connectivity index (χ3n) is 1.75. The van der Waals surface area contributed by atoms with E-state index < -0.39 is 10.5 Å². The Morgan fingerprint density at radius 3 is 2.93 bits per heavy atom. The van der Waals surface area contributed by atoms with Gasteiger partial charge in [-0.05, 0) is 6.07 Å². The van der Waals surface area contributed by atoms with Crippen molar-refractivity contribution in [2.24, 2.45) is 0 Å². The number of nitrogens with one attached hydrogen (secondary N) is 1. The van der Waals surface area contributed by atoms with Crippen LogP contribution in [0.3, 0.4) is 0 Å². The number of fused-ring (bicyclic) bond motifs is 1. The van der Waals surface area contributed by atoms with Crippen molar-refractivity contribution in [3.63, 3.8) is 0 Å². The number of nitro benzene ring substituents is 1. The fraction of sp³-hybridized carbons (Fsp3) is 0. The maximum atomic E-state index is 11.1. The first-order valence-electron chi connectivity index (χ1n) is 3.68. The molecule has 0 aliphatic heterocycles. The van der Waals surface area contributed by atoms with Crippen LogP contribution in [0, 0.1) is 10.1 Å². The monoisotopic (exact) mass is 192 g/mol. The highest BCUT2D eigenvalue weighted by atomic mass is 16.6. The van der Waals surface area contributed by atoms with E-state index in [4.69, 9.17) is 0 Å². The molecular formula is C7H4N4O3. The summed E-state index contributed by atoms with van der Waals surface area (Å²) in [6.07, 6.45) is 0. The molecule has 70 valence electrons. The first-order valence-corrected chi connectivity index (χ1v) is 3.68. The molecule has 0 saturated heterocycles. The molecule has 0 amide bonds. The fourth-order valence-electron chi connectivity index (χ4n) is 1.09. The van der Waals surface area contributed by atoms with Gasteiger partial charge in [-0.1, -0.05) is 5.21 Å². The van der Waals surface area contributed by atoms with Gasteiger partial charge in [0.15, 0.2) is 0 Å². The Morgan fingerprint density at radius 2 is 2.21 bits per heavy atom. The SMILES string of the molecule is O=c1[nH]nnc2cc([N+](=O)[O-])ccc12. The Hall–Kier alpha value is -2.31. The summed E-state index contributed by atoms with van der Waals surface area (Å²) in [5.74, 6) is 0. The lowest BCUT2D eigenvalue weighted by molar-refractivity contribution is -0.384. The topological polar surface area (TPSA) is 102 Å². The van der Waals surface area contributed by atoms with Crippen LogP contribution in [0.1, 0.15) is 0 Å². The Labute approximate surface area is 76.5 Å². The highest BCUT2D eigenvalue weighted by molar-refractivity contribution is 5.79. The van der Waals surface area contributed by atoms with E-state index in [1.54, 1.807) is 0 Å². The molecule has 1 heterocycles. The zero-order valence-electron chi connectivity index (χ0n) is 6.80. The molecule has 7 nitrogen and oxygen atoms in total. The molecule has 14 heavy (non-hydrogen) atoms. The van der Waals surface area contributed by atoms with Crippen LogP contribution in [0.4, 0.5) is 5.69 Å². The number of H-pyrrole nitrogens is 1. The predicted molar refractivity (Wildman–Crippen MR) is 46.8 cm³/mol. The van der Waals surface area contributed by atoms with Crippen LogP contribution in [0.15, 0.2) is 23.0 Å². The van der Waals surface area contributed by atoms with Crippen molar-refractivity contribution in [3.8, 4) is 0 Å². The lowest BCUT2D eigenvalue weighted by Crippen LogP contribution is -2.09. The minimum absolute atomic E-state index is 0.114. The largest absolute Gasteiger partial charge is 0.275 e. The van der Waals surface area contributed by atoms with Crippen LogP contribution in [0.2, 0.25) is 0 Å². The van der Waals surface area contributed by atoms with E-state index in [0.717, 1.165) is 0 Å². The maximum Gasteiger partial charge on any atom is 0.275 e. The number of benzene rings is 1. The van der Waals surface area contributed by atoms with Gasteiger partial charge in [0, 0.05) is 12.1 Å². The molecule has 0 fully saturated rings. The molecule has 0 spiro atoms. The van der Waals surface area contributed by atoms with Crippen molar-refractivity contribution < 1.29 is 4.92 Å². The minimum Gasteiger partial charge on any atom is -0.267 e. The molecule has 7 heteroatoms. The van der Waals surface area contributed by atoms with Crippen LogP contribution in [0.25, 0.3) is 10.9 Å². The number of hydrogen-bond acceptors (Lipinski definition) is 5. The molecule has 0 bridgehead atoms. The Kier molecular flexibility index (Phi) is 1.70. The van der Waals surface area contributed by atoms with E-state index in [1.165, 1.54) is 18.2 Å². The number of aromatic nitrogens is 3. The number of non-ortho nitro benzene ring substituents is 1. The summed E-state index contributed by atoms with van der Waals surface area (Å²) >= 11 is 0. The van der Waals surface area contributed by atoms with E-state index in [0.29, 0.717) is 0 Å². The van der Waals surface area contributed by atoms with Gasteiger partial charge in [0.2, 0.25) is 0 Å². The highest BCUT2D eigenvalue weighted by Crippen LogP contribution is 2.15. The van der Waals surface area contributed by atoms with E-state index >= 15 is 0 Å². The Bertz CT molecular complexity index is 562. The number of nitro groups is 1. The van der Waals surface area contributed by atoms with Gasteiger partial charge in [0.05, 0.1) is 10.3 Å². The molecule has 0 aliphatic rings. The summed E-state index contributed by atoms with van der Waals surface area (Å²) < 4.78 is 0. The van der Waals surface area contributed by atoms with E-state index in [9.17, 15) is 14.9 Å². The smallest absolute Gasteiger partial charge is 0.267 e. The molecule has 2 rings (SSSR count). The summed E-state index contributed by atoms with van der Waals surface area (Å²) in [6.45, 7) is 0. The van der Waals surface area contributed by atoms with Gasteiger partial charge in [-0.3, -0.25) is 14.9 Å². The van der Waals surface area contributed by atoms with Crippen molar-refractivity contribution >= 4 is 16.6 Å². The van der Waals surface area contributed by atoms with Crippen molar-refractivity contribution in [1.29, 1.82) is 0 Å². The molecule has 0 saturated carbocycles. The minimum atomic E-state index is -0.553. The molecule has 2 aromatic rings. The van der Waals surface area contributed by atoms with Gasteiger partial charge in [0.25, 0.3) is 11.2 Å². The molecule has 1 aromatic heterocycles. The first-order chi connectivity index (χ1) is 6.68. The molecule has 1 N–H and O–H groups in total. The van der Waals surface area contributed by atoms with Gasteiger partial charge in [-0.25, -0.2) is 5.10 Å². The molecule has 0 unspecified atom stereocenters. The van der Waals surface area contributed by atoms with Crippen molar-refractivity contribution in [3.05, 3.63) is 38.7 Å². The standard InChI is InChI=1S/C7H4N4O3/c12-7-5-2-1-4(11(13)14)3-6(5)8-10-9-7/h1-3H,(H,8,9,12). The van der Waals surface area contributed by atoms with Gasteiger partial charge < -0.3 is 0 Å². The van der Waals surface area contributed by atoms with Crippen molar-refractivity contribution in [2.45, 2.75) is 0 Å². The van der Waals surface area contributed by atoms with Gasteiger partial charge in [-0.2, -0.15) is 0 Å². The molecule has 1 aromatic carbocycles. The summed E-state index contributed by atoms with van der Waals surface area (Å²) in [5, 5.41) is 19.7. The lowest BCUT2D eigenvalue weighted by atomic mass is 10.2. The van der Waals surface area contributed by atoms with E-state index in [1.807, 2.05) is 0 Å². The van der Waals surface area contributed by atoms with Gasteiger partial charge >= 0.3 is 0 Å². The highest BCUT2D eigenvalue weighted by Gasteiger charge is 2.08. The summed E-state index contributed by atoms with van der Waals surface area (Å²) in [6, 6.07) is 3.80. The van der Waals surface area contributed by atoms with E-state index in [2.05, 4.69) is 15.4 Å². The van der Waals surface area contributed by atoms with Crippen LogP contribution < -0.4 is 5.56 Å². The first kappa shape index (κ1) is 8.30. The molecular weight excluding hydrogens is 188 g/mol. The third kappa shape index (κ3) is 1.20. The van der Waals surface area contributed by atoms with Crippen molar-refractivity contribution in [1.82, 2.24) is 15.4 Å². The summed E-state index contributed by atoms with van der Waals surface area (Å²) in [7, 11) is 0. The zero-order chi connectivity index (χ0) is 10.1. The third-order valence-corrected chi connectivity index (χ3v) is 1.75. The zero-order valence-corrected chi connectivity index (χ0v) is 6.80. The molecule has 0 atom stereocenters. The molecule has 0 aliphatic carbocycles. The van der Waals surface area contributed by atoms with Crippen LogP contribution >= 0.6 is 0 Å². The van der Waals surface area contributed by atoms with Crippen LogP contribution in [-0.2, 0) is 0 Å². The number of hydrogen-bond donors (Lipinski definition) is 1. The number of rotatable bonds is 1. The van der Waals surface area contributed by atoms with Crippen molar-refractivity contribution in [2.75, 3.05) is 0 Å². The lowest BCUT2D eigenvalue weighted by Gasteiger charge is -1.93. The number of aromatic amines is 1. The number of nitrogens with zero attached hydrogens (tertiary/aromatic N) is 3. The van der Waals surface area contributed by atoms with Crippen LogP contribution in [-0.4, -0.2) is 20.3 Å². The maximum absolute atomic E-state index is 11.1. The second-order valence-corrected chi connectivity index (χ2v) is 2.60. The summed E-state index contributed by atoms with van der Waals surface area (Å²) in [4.78, 5) is 21.0. The van der Waals surface area contributed by atoms with Gasteiger partial charge in [0.1, 0.15) is 5.52 Å². The Morgan fingerprint density at radius 1 is 1.43 bits per heavy atom. The fourth-order valence-corrected chi connectivity index (χ4v) is 1.09.